The lowest BCUT2D eigenvalue weighted by atomic mass is 10.1. The summed E-state index contributed by atoms with van der Waals surface area (Å²) in [6.45, 7) is 0.589. The molecule has 2 heterocycles. The van der Waals surface area contributed by atoms with E-state index in [2.05, 4.69) is 5.32 Å². The van der Waals surface area contributed by atoms with Crippen LogP contribution in [0.15, 0.2) is 41.0 Å². The number of carbonyl (C=O) groups is 2. The van der Waals surface area contributed by atoms with E-state index < -0.39 is 6.04 Å². The van der Waals surface area contributed by atoms with Crippen LogP contribution >= 0.6 is 23.2 Å². The summed E-state index contributed by atoms with van der Waals surface area (Å²) >= 11 is 11.9. The predicted molar refractivity (Wildman–Crippen MR) is 96.9 cm³/mol. The summed E-state index contributed by atoms with van der Waals surface area (Å²) in [6.07, 6.45) is 3.89. The molecular formula is C18H18Cl2N2O3. The van der Waals surface area contributed by atoms with Crippen molar-refractivity contribution in [3.63, 3.8) is 0 Å². The van der Waals surface area contributed by atoms with Gasteiger partial charge in [0.1, 0.15) is 11.8 Å². The topological polar surface area (TPSA) is 62.6 Å². The highest BCUT2D eigenvalue weighted by Crippen LogP contribution is 2.25. The van der Waals surface area contributed by atoms with Crippen LogP contribution in [0.5, 0.6) is 0 Å². The van der Waals surface area contributed by atoms with Crippen LogP contribution in [-0.4, -0.2) is 29.3 Å². The summed E-state index contributed by atoms with van der Waals surface area (Å²) in [4.78, 5) is 26.7. The Morgan fingerprint density at radius 2 is 2.00 bits per heavy atom. The summed E-state index contributed by atoms with van der Waals surface area (Å²) in [5.74, 6) is 0.502. The number of carbonyl (C=O) groups excluding carboxylic acids is 2. The first kappa shape index (κ1) is 17.8. The molecule has 2 amide bonds. The highest BCUT2D eigenvalue weighted by atomic mass is 35.5. The van der Waals surface area contributed by atoms with Crippen molar-refractivity contribution in [3.05, 3.63) is 52.4 Å². The molecule has 3 rings (SSSR count). The minimum Gasteiger partial charge on any atom is -0.469 e. The molecule has 1 N–H and O–H groups in total. The molecule has 5 nitrogen and oxygen atoms in total. The number of rotatable bonds is 5. The Kier molecular flexibility index (Phi) is 5.66. The van der Waals surface area contributed by atoms with Gasteiger partial charge in [-0.3, -0.25) is 9.59 Å². The molecule has 2 aromatic rings. The average Bonchev–Trinajstić information content (AvgIpc) is 3.23. The van der Waals surface area contributed by atoms with E-state index in [9.17, 15) is 9.59 Å². The van der Waals surface area contributed by atoms with Crippen molar-refractivity contribution in [1.29, 1.82) is 0 Å². The first-order chi connectivity index (χ1) is 12.0. The second kappa shape index (κ2) is 7.93. The average molecular weight is 381 g/mol. The lowest BCUT2D eigenvalue weighted by molar-refractivity contribution is -0.136. The van der Waals surface area contributed by atoms with Crippen LogP contribution in [-0.2, 0) is 16.0 Å². The van der Waals surface area contributed by atoms with Gasteiger partial charge in [-0.15, -0.1) is 0 Å². The van der Waals surface area contributed by atoms with Crippen LogP contribution in [0.25, 0.3) is 0 Å². The van der Waals surface area contributed by atoms with Crippen LogP contribution in [0.3, 0.4) is 0 Å². The SMILES string of the molecule is O=C(Nc1cc(Cl)cc(Cl)c1)C1CCCN1C(=O)CCc1ccco1. The monoisotopic (exact) mass is 380 g/mol. The van der Waals surface area contributed by atoms with Gasteiger partial charge in [0.05, 0.1) is 6.26 Å². The lowest BCUT2D eigenvalue weighted by Crippen LogP contribution is -2.43. The molecule has 25 heavy (non-hydrogen) atoms. The van der Waals surface area contributed by atoms with Gasteiger partial charge in [-0.25, -0.2) is 0 Å². The number of halogens is 2. The van der Waals surface area contributed by atoms with E-state index >= 15 is 0 Å². The third-order valence-corrected chi connectivity index (χ3v) is 4.61. The molecule has 0 aliphatic carbocycles. The smallest absolute Gasteiger partial charge is 0.247 e. The van der Waals surface area contributed by atoms with Crippen LogP contribution in [0, 0.1) is 0 Å². The van der Waals surface area contributed by atoms with E-state index in [-0.39, 0.29) is 11.8 Å². The molecule has 1 saturated heterocycles. The number of amides is 2. The van der Waals surface area contributed by atoms with Crippen molar-refractivity contribution < 1.29 is 14.0 Å². The second-order valence-electron chi connectivity index (χ2n) is 5.97. The largest absolute Gasteiger partial charge is 0.469 e. The minimum absolute atomic E-state index is 0.0434. The third kappa shape index (κ3) is 4.55. The molecule has 0 spiro atoms. The molecular weight excluding hydrogens is 363 g/mol. The molecule has 7 heteroatoms. The molecule has 1 aromatic carbocycles. The van der Waals surface area contributed by atoms with Gasteiger partial charge in [-0.1, -0.05) is 23.2 Å². The van der Waals surface area contributed by atoms with Crippen molar-refractivity contribution >= 4 is 40.7 Å². The Bertz CT molecular complexity index is 741. The highest BCUT2D eigenvalue weighted by molar-refractivity contribution is 6.35. The zero-order valence-electron chi connectivity index (χ0n) is 13.5. The molecule has 1 aromatic heterocycles. The van der Waals surface area contributed by atoms with Gasteiger partial charge < -0.3 is 14.6 Å². The summed E-state index contributed by atoms with van der Waals surface area (Å²) in [5.41, 5.74) is 0.525. The van der Waals surface area contributed by atoms with Crippen molar-refractivity contribution in [2.75, 3.05) is 11.9 Å². The van der Waals surface area contributed by atoms with Crippen LogP contribution < -0.4 is 5.32 Å². The van der Waals surface area contributed by atoms with Crippen molar-refractivity contribution in [1.82, 2.24) is 4.90 Å². The number of hydrogen-bond donors (Lipinski definition) is 1. The Morgan fingerprint density at radius 3 is 2.68 bits per heavy atom. The van der Waals surface area contributed by atoms with Crippen LogP contribution in [0.1, 0.15) is 25.0 Å². The van der Waals surface area contributed by atoms with E-state index in [1.807, 2.05) is 6.07 Å². The van der Waals surface area contributed by atoms with Crippen LogP contribution in [0.2, 0.25) is 10.0 Å². The van der Waals surface area contributed by atoms with Crippen LogP contribution in [0.4, 0.5) is 5.69 Å². The fourth-order valence-corrected chi connectivity index (χ4v) is 3.54. The number of furan rings is 1. The quantitative estimate of drug-likeness (QED) is 0.847. The zero-order valence-corrected chi connectivity index (χ0v) is 15.0. The maximum absolute atomic E-state index is 12.6. The Balaban J connectivity index is 1.61. The summed E-state index contributed by atoms with van der Waals surface area (Å²) in [5, 5.41) is 3.69. The molecule has 0 saturated carbocycles. The molecule has 1 aliphatic rings. The van der Waals surface area contributed by atoms with Gasteiger partial charge >= 0.3 is 0 Å². The fourth-order valence-electron chi connectivity index (χ4n) is 3.02. The van der Waals surface area contributed by atoms with Crippen molar-refractivity contribution in [3.8, 4) is 0 Å². The summed E-state index contributed by atoms with van der Waals surface area (Å²) in [7, 11) is 0. The lowest BCUT2D eigenvalue weighted by Gasteiger charge is -2.24. The Labute approximate surface area is 155 Å². The van der Waals surface area contributed by atoms with Gasteiger partial charge in [-0.05, 0) is 43.2 Å². The minimum atomic E-state index is -0.471. The zero-order chi connectivity index (χ0) is 17.8. The highest BCUT2D eigenvalue weighted by Gasteiger charge is 2.33. The molecule has 1 unspecified atom stereocenters. The predicted octanol–water partition coefficient (Wildman–Crippen LogP) is 4.15. The fraction of sp³-hybridized carbons (Fsp3) is 0.333. The molecule has 1 fully saturated rings. The summed E-state index contributed by atoms with van der Waals surface area (Å²) in [6, 6.07) is 8.01. The molecule has 132 valence electrons. The first-order valence-electron chi connectivity index (χ1n) is 8.12. The second-order valence-corrected chi connectivity index (χ2v) is 6.84. The normalized spacial score (nSPS) is 16.9. The number of nitrogens with zero attached hydrogens (tertiary/aromatic N) is 1. The number of hydrogen-bond acceptors (Lipinski definition) is 3. The third-order valence-electron chi connectivity index (χ3n) is 4.17. The molecule has 0 bridgehead atoms. The van der Waals surface area contributed by atoms with Gasteiger partial charge in [0.15, 0.2) is 0 Å². The molecule has 1 aliphatic heterocycles. The van der Waals surface area contributed by atoms with E-state index in [0.717, 1.165) is 12.2 Å². The Morgan fingerprint density at radius 1 is 1.24 bits per heavy atom. The van der Waals surface area contributed by atoms with Gasteiger partial charge in [0, 0.05) is 35.1 Å². The number of aryl methyl sites for hydroxylation is 1. The molecule has 0 radical (unpaired) electrons. The van der Waals surface area contributed by atoms with E-state index in [4.69, 9.17) is 27.6 Å². The number of benzene rings is 1. The maximum Gasteiger partial charge on any atom is 0.247 e. The van der Waals surface area contributed by atoms with E-state index in [1.54, 1.807) is 35.4 Å². The number of likely N-dealkylation sites (tertiary alicyclic amines) is 1. The number of anilines is 1. The summed E-state index contributed by atoms with van der Waals surface area (Å²) < 4.78 is 5.25. The van der Waals surface area contributed by atoms with Gasteiger partial charge in [-0.2, -0.15) is 0 Å². The van der Waals surface area contributed by atoms with Gasteiger partial charge in [0.25, 0.3) is 0 Å². The van der Waals surface area contributed by atoms with E-state index in [1.165, 1.54) is 0 Å². The maximum atomic E-state index is 12.6. The van der Waals surface area contributed by atoms with Gasteiger partial charge in [0.2, 0.25) is 11.8 Å². The van der Waals surface area contributed by atoms with E-state index in [0.29, 0.717) is 41.5 Å². The van der Waals surface area contributed by atoms with Crippen molar-refractivity contribution in [2.45, 2.75) is 31.7 Å². The number of nitrogens with one attached hydrogen (secondary N) is 1. The Hall–Kier alpha value is -1.98. The molecule has 1 atom stereocenters. The van der Waals surface area contributed by atoms with Crippen molar-refractivity contribution in [2.24, 2.45) is 0 Å². The standard InChI is InChI=1S/C18H18Cl2N2O3/c19-12-9-13(20)11-14(10-12)21-18(24)16-4-1-7-22(16)17(23)6-5-15-3-2-8-25-15/h2-3,8-11,16H,1,4-7H2,(H,21,24). The first-order valence-corrected chi connectivity index (χ1v) is 8.87.